The molecule has 0 bridgehead atoms. The largest absolute Gasteiger partial charge is 0.482 e. The highest BCUT2D eigenvalue weighted by Crippen LogP contribution is 2.29. The van der Waals surface area contributed by atoms with E-state index in [2.05, 4.69) is 5.32 Å². The predicted molar refractivity (Wildman–Crippen MR) is 114 cm³/mol. The standard InChI is InChI=1S/C21H23ClN2O5S/c22-19-13-18(30(26,27)24-8-10-28-11-9-24)6-7-20(19)29-14-21(25)23-17-5-4-15-2-1-3-16(15)12-17/h4-7,12-13H,1-3,8-11,14H2,(H,23,25). The summed E-state index contributed by atoms with van der Waals surface area (Å²) in [6.45, 7) is 1.12. The Kier molecular flexibility index (Phi) is 6.29. The number of amides is 1. The summed E-state index contributed by atoms with van der Waals surface area (Å²) < 4.78 is 37.5. The van der Waals surface area contributed by atoms with Crippen LogP contribution in [0.15, 0.2) is 41.3 Å². The Morgan fingerprint density at radius 1 is 1.10 bits per heavy atom. The second-order valence-electron chi connectivity index (χ2n) is 7.28. The first kappa shape index (κ1) is 21.1. The molecule has 0 saturated carbocycles. The summed E-state index contributed by atoms with van der Waals surface area (Å²) in [6.07, 6.45) is 3.26. The topological polar surface area (TPSA) is 84.9 Å². The number of ether oxygens (including phenoxy) is 2. The van der Waals surface area contributed by atoms with Gasteiger partial charge < -0.3 is 14.8 Å². The van der Waals surface area contributed by atoms with Crippen molar-refractivity contribution in [3.05, 3.63) is 52.5 Å². The van der Waals surface area contributed by atoms with Crippen LogP contribution >= 0.6 is 11.6 Å². The lowest BCUT2D eigenvalue weighted by Gasteiger charge is -2.26. The number of carbonyl (C=O) groups is 1. The van der Waals surface area contributed by atoms with Crippen LogP contribution in [0, 0.1) is 0 Å². The second-order valence-corrected chi connectivity index (χ2v) is 9.63. The number of nitrogens with one attached hydrogen (secondary N) is 1. The molecule has 0 atom stereocenters. The molecule has 1 heterocycles. The monoisotopic (exact) mass is 450 g/mol. The molecular formula is C21H23ClN2O5S. The molecule has 160 valence electrons. The fraction of sp³-hybridized carbons (Fsp3) is 0.381. The number of morpholine rings is 1. The number of carbonyl (C=O) groups excluding carboxylic acids is 1. The highest BCUT2D eigenvalue weighted by molar-refractivity contribution is 7.89. The first-order valence-corrected chi connectivity index (χ1v) is 11.7. The minimum atomic E-state index is -3.64. The molecule has 0 spiro atoms. The molecule has 0 radical (unpaired) electrons. The van der Waals surface area contributed by atoms with Crippen molar-refractivity contribution in [1.82, 2.24) is 4.31 Å². The Morgan fingerprint density at radius 3 is 2.63 bits per heavy atom. The lowest BCUT2D eigenvalue weighted by Crippen LogP contribution is -2.40. The fourth-order valence-corrected chi connectivity index (χ4v) is 5.42. The van der Waals surface area contributed by atoms with Gasteiger partial charge in [-0.3, -0.25) is 4.79 Å². The maximum Gasteiger partial charge on any atom is 0.262 e. The quantitative estimate of drug-likeness (QED) is 0.731. The highest BCUT2D eigenvalue weighted by Gasteiger charge is 2.27. The van der Waals surface area contributed by atoms with Crippen molar-refractivity contribution in [2.45, 2.75) is 24.2 Å². The molecule has 1 N–H and O–H groups in total. The van der Waals surface area contributed by atoms with Crippen molar-refractivity contribution in [2.75, 3.05) is 38.2 Å². The van der Waals surface area contributed by atoms with Crippen LogP contribution in [-0.2, 0) is 32.4 Å². The van der Waals surface area contributed by atoms with Crippen LogP contribution < -0.4 is 10.1 Å². The lowest BCUT2D eigenvalue weighted by atomic mass is 10.1. The zero-order chi connectivity index (χ0) is 21.1. The van der Waals surface area contributed by atoms with Crippen molar-refractivity contribution >= 4 is 33.2 Å². The maximum atomic E-state index is 12.7. The Balaban J connectivity index is 1.37. The van der Waals surface area contributed by atoms with E-state index in [1.54, 1.807) is 0 Å². The number of hydrogen-bond acceptors (Lipinski definition) is 5. The van der Waals surface area contributed by atoms with Gasteiger partial charge in [-0.15, -0.1) is 0 Å². The fourth-order valence-electron chi connectivity index (χ4n) is 3.69. The van der Waals surface area contributed by atoms with Crippen molar-refractivity contribution in [2.24, 2.45) is 0 Å². The van der Waals surface area contributed by atoms with E-state index in [1.807, 2.05) is 18.2 Å². The van der Waals surface area contributed by atoms with Crippen molar-refractivity contribution in [1.29, 1.82) is 0 Å². The SMILES string of the molecule is O=C(COc1ccc(S(=O)(=O)N2CCOCC2)cc1Cl)Nc1ccc2c(c1)CCC2. The van der Waals surface area contributed by atoms with Crippen LogP contribution in [0.3, 0.4) is 0 Å². The molecule has 2 aliphatic rings. The number of rotatable bonds is 6. The van der Waals surface area contributed by atoms with Crippen LogP contribution in [0.5, 0.6) is 5.75 Å². The van der Waals surface area contributed by atoms with E-state index in [0.29, 0.717) is 26.3 Å². The van der Waals surface area contributed by atoms with Crippen LogP contribution in [-0.4, -0.2) is 51.5 Å². The first-order valence-electron chi connectivity index (χ1n) is 9.85. The molecule has 0 aromatic heterocycles. The third-order valence-electron chi connectivity index (χ3n) is 5.25. The van der Waals surface area contributed by atoms with E-state index in [4.69, 9.17) is 21.1 Å². The van der Waals surface area contributed by atoms with Crippen LogP contribution in [0.4, 0.5) is 5.69 Å². The predicted octanol–water partition coefficient (Wildman–Crippen LogP) is 2.87. The molecule has 1 amide bonds. The van der Waals surface area contributed by atoms with Crippen molar-refractivity contribution in [3.8, 4) is 5.75 Å². The number of halogens is 1. The summed E-state index contributed by atoms with van der Waals surface area (Å²) in [5.74, 6) is -0.0595. The summed E-state index contributed by atoms with van der Waals surface area (Å²) in [4.78, 5) is 12.3. The van der Waals surface area contributed by atoms with Gasteiger partial charge in [0.05, 0.1) is 23.1 Å². The van der Waals surface area contributed by atoms with Gasteiger partial charge in [0, 0.05) is 18.8 Å². The smallest absolute Gasteiger partial charge is 0.262 e. The molecule has 9 heteroatoms. The normalized spacial score (nSPS) is 16.8. The van der Waals surface area contributed by atoms with Crippen molar-refractivity contribution < 1.29 is 22.7 Å². The van der Waals surface area contributed by atoms with Gasteiger partial charge >= 0.3 is 0 Å². The minimum absolute atomic E-state index is 0.0874. The summed E-state index contributed by atoms with van der Waals surface area (Å²) in [5, 5.41) is 2.95. The van der Waals surface area contributed by atoms with Crippen LogP contribution in [0.2, 0.25) is 5.02 Å². The summed E-state index contributed by atoms with van der Waals surface area (Å²) in [7, 11) is -3.64. The van der Waals surface area contributed by atoms with Crippen LogP contribution in [0.1, 0.15) is 17.5 Å². The molecular weight excluding hydrogens is 428 g/mol. The lowest BCUT2D eigenvalue weighted by molar-refractivity contribution is -0.118. The molecule has 0 unspecified atom stereocenters. The second kappa shape index (κ2) is 8.93. The van der Waals surface area contributed by atoms with Gasteiger partial charge in [0.15, 0.2) is 6.61 Å². The Labute approximate surface area is 181 Å². The van der Waals surface area contributed by atoms with Crippen molar-refractivity contribution in [3.63, 3.8) is 0 Å². The van der Waals surface area contributed by atoms with Gasteiger partial charge in [-0.2, -0.15) is 4.31 Å². The van der Waals surface area contributed by atoms with E-state index in [0.717, 1.165) is 24.9 Å². The molecule has 7 nitrogen and oxygen atoms in total. The number of aryl methyl sites for hydroxylation is 2. The van der Waals surface area contributed by atoms with E-state index >= 15 is 0 Å². The average Bonchev–Trinajstić information content (AvgIpc) is 3.21. The van der Waals surface area contributed by atoms with Gasteiger partial charge in [0.25, 0.3) is 5.91 Å². The Morgan fingerprint density at radius 2 is 1.87 bits per heavy atom. The Hall–Kier alpha value is -2.13. The average molecular weight is 451 g/mol. The zero-order valence-electron chi connectivity index (χ0n) is 16.4. The summed E-state index contributed by atoms with van der Waals surface area (Å²) >= 11 is 6.22. The molecule has 1 aliphatic heterocycles. The zero-order valence-corrected chi connectivity index (χ0v) is 18.0. The van der Waals surface area contributed by atoms with E-state index in [9.17, 15) is 13.2 Å². The molecule has 1 saturated heterocycles. The summed E-state index contributed by atoms with van der Waals surface area (Å²) in [5.41, 5.74) is 3.35. The van der Waals surface area contributed by atoms with Gasteiger partial charge in [0.1, 0.15) is 5.75 Å². The number of fused-ring (bicyclic) bond motifs is 1. The number of nitrogens with zero attached hydrogens (tertiary/aromatic N) is 1. The van der Waals surface area contributed by atoms with Crippen LogP contribution in [0.25, 0.3) is 0 Å². The van der Waals surface area contributed by atoms with Gasteiger partial charge in [0.2, 0.25) is 10.0 Å². The highest BCUT2D eigenvalue weighted by atomic mass is 35.5. The molecule has 30 heavy (non-hydrogen) atoms. The third-order valence-corrected chi connectivity index (χ3v) is 7.44. The van der Waals surface area contributed by atoms with Gasteiger partial charge in [-0.05, 0) is 60.7 Å². The van der Waals surface area contributed by atoms with E-state index < -0.39 is 10.0 Å². The molecule has 2 aromatic rings. The Bertz CT molecular complexity index is 1050. The molecule has 1 fully saturated rings. The number of benzene rings is 2. The first-order chi connectivity index (χ1) is 14.4. The van der Waals surface area contributed by atoms with Gasteiger partial charge in [-0.25, -0.2) is 8.42 Å². The van der Waals surface area contributed by atoms with Gasteiger partial charge in [-0.1, -0.05) is 17.7 Å². The third kappa shape index (κ3) is 4.62. The summed E-state index contributed by atoms with van der Waals surface area (Å²) in [6, 6.07) is 10.2. The number of sulfonamides is 1. The minimum Gasteiger partial charge on any atom is -0.482 e. The molecule has 1 aliphatic carbocycles. The number of anilines is 1. The number of hydrogen-bond donors (Lipinski definition) is 1. The molecule has 2 aromatic carbocycles. The van der Waals surface area contributed by atoms with E-state index in [1.165, 1.54) is 33.6 Å². The maximum absolute atomic E-state index is 12.7. The molecule has 4 rings (SSSR count). The van der Waals surface area contributed by atoms with E-state index in [-0.39, 0.29) is 28.2 Å².